The number of nitrogens with two attached hydrogens (primary N) is 6. The Balaban J connectivity index is 1.64. The zero-order chi connectivity index (χ0) is 61.2. The van der Waals surface area contributed by atoms with Crippen molar-refractivity contribution in [1.29, 1.82) is 0 Å². The lowest BCUT2D eigenvalue weighted by atomic mass is 9.99. The number of carbonyl (C=O) groups is 10. The number of guanidine groups is 2. The van der Waals surface area contributed by atoms with E-state index in [1.54, 1.807) is 72.8 Å². The van der Waals surface area contributed by atoms with Crippen molar-refractivity contribution in [2.24, 2.45) is 50.3 Å². The van der Waals surface area contributed by atoms with Gasteiger partial charge in [0.25, 0.3) is 0 Å². The Bertz CT molecular complexity index is 2760. The Kier molecular flexibility index (Phi) is 26.7. The number of likely N-dealkylation sites (tertiary alicyclic amines) is 1. The second-order valence-electron chi connectivity index (χ2n) is 20.7. The lowest BCUT2D eigenvalue weighted by Crippen LogP contribution is -2.60. The average Bonchev–Trinajstić information content (AvgIpc) is 3.97. The molecule has 0 radical (unpaired) electrons. The predicted octanol–water partition coefficient (Wildman–Crippen LogP) is -2.66. The number of phenolic OH excluding ortho intramolecular Hbond substituents is 1. The van der Waals surface area contributed by atoms with Crippen molar-refractivity contribution in [2.75, 3.05) is 19.6 Å². The number of aromatic hydroxyl groups is 1. The van der Waals surface area contributed by atoms with Gasteiger partial charge in [0.2, 0.25) is 59.1 Å². The van der Waals surface area contributed by atoms with Gasteiger partial charge in [-0.15, -0.1) is 0 Å². The minimum absolute atomic E-state index is 0.00215. The van der Waals surface area contributed by atoms with Gasteiger partial charge in [0, 0.05) is 45.8 Å². The normalized spacial score (nSPS) is 15.3. The quantitative estimate of drug-likeness (QED) is 0.0168. The molecule has 1 fully saturated rings. The van der Waals surface area contributed by atoms with E-state index in [-0.39, 0.29) is 101 Å². The molecule has 3 aromatic rings. The van der Waals surface area contributed by atoms with Crippen LogP contribution in [0.15, 0.2) is 94.9 Å². The summed E-state index contributed by atoms with van der Waals surface area (Å²) >= 11 is 0. The van der Waals surface area contributed by atoms with Crippen LogP contribution >= 0.6 is 0 Å². The van der Waals surface area contributed by atoms with Crippen LogP contribution in [0, 0.1) is 5.92 Å². The maximum atomic E-state index is 14.8. The molecule has 1 heterocycles. The molecule has 0 unspecified atom stereocenters. The fourth-order valence-electron chi connectivity index (χ4n) is 9.23. The first-order valence-corrected chi connectivity index (χ1v) is 27.3. The van der Waals surface area contributed by atoms with Crippen molar-refractivity contribution in [1.82, 2.24) is 42.1 Å². The van der Waals surface area contributed by atoms with E-state index in [1.165, 1.54) is 24.0 Å². The van der Waals surface area contributed by atoms with E-state index in [0.717, 1.165) is 0 Å². The smallest absolute Gasteiger partial charge is 0.245 e. The number of nitrogens with zero attached hydrogens (tertiary/aromatic N) is 3. The van der Waals surface area contributed by atoms with Gasteiger partial charge in [0.05, 0.1) is 6.42 Å². The molecule has 20 N–H and O–H groups in total. The van der Waals surface area contributed by atoms with Gasteiger partial charge in [-0.25, -0.2) is 0 Å². The van der Waals surface area contributed by atoms with Crippen LogP contribution in [0.25, 0.3) is 0 Å². The SMILES string of the molecule is CC(=O)N[C@@H](Cc1ccc(O)cc1)C(=O)N[C@@H](Cc1ccccc1)C(=O)N[C@@H](CC(C)C)C(=O)N[C@@H](Cc1ccccc1)C(=O)N[C@@H](CCCN=C(N)N)C(=O)N1CCC[C@@H]1C(=O)N[C@@H](CCCN=C(N)N)C(=O)N[C@@H](CC(N)=O)C(N)=O. The van der Waals surface area contributed by atoms with Crippen molar-refractivity contribution in [3.05, 3.63) is 102 Å². The second-order valence-corrected chi connectivity index (χ2v) is 20.7. The fraction of sp³-hybridized carbons (Fsp3) is 0.464. The molecule has 0 saturated carbocycles. The summed E-state index contributed by atoms with van der Waals surface area (Å²) in [5.41, 5.74) is 34.7. The van der Waals surface area contributed by atoms with Crippen molar-refractivity contribution in [3.8, 4) is 5.75 Å². The highest BCUT2D eigenvalue weighted by atomic mass is 16.3. The molecule has 0 aromatic heterocycles. The summed E-state index contributed by atoms with van der Waals surface area (Å²) < 4.78 is 0. The number of carbonyl (C=O) groups excluding carboxylic acids is 10. The number of hydrogen-bond acceptors (Lipinski definition) is 13. The molecule has 83 heavy (non-hydrogen) atoms. The molecular weight excluding hydrogens is 1070 g/mol. The molecule has 10 amide bonds. The molecule has 1 saturated heterocycles. The van der Waals surface area contributed by atoms with E-state index in [0.29, 0.717) is 23.1 Å². The number of benzene rings is 3. The van der Waals surface area contributed by atoms with E-state index in [4.69, 9.17) is 34.4 Å². The number of amides is 10. The van der Waals surface area contributed by atoms with E-state index in [2.05, 4.69) is 47.2 Å². The molecule has 0 aliphatic carbocycles. The van der Waals surface area contributed by atoms with Crippen molar-refractivity contribution in [3.63, 3.8) is 0 Å². The highest BCUT2D eigenvalue weighted by molar-refractivity contribution is 5.99. The molecule has 3 aromatic carbocycles. The molecule has 27 heteroatoms. The molecule has 450 valence electrons. The van der Waals surface area contributed by atoms with Gasteiger partial charge in [0.15, 0.2) is 11.9 Å². The Labute approximate surface area is 481 Å². The van der Waals surface area contributed by atoms with Gasteiger partial charge in [0.1, 0.15) is 54.1 Å². The highest BCUT2D eigenvalue weighted by Crippen LogP contribution is 2.21. The van der Waals surface area contributed by atoms with Crippen molar-refractivity contribution in [2.45, 2.75) is 140 Å². The second kappa shape index (κ2) is 33.5. The molecule has 8 atom stereocenters. The molecule has 27 nitrogen and oxygen atoms in total. The summed E-state index contributed by atoms with van der Waals surface area (Å²) in [5, 5.41) is 28.7. The number of rotatable bonds is 33. The Hall–Kier alpha value is -9.30. The van der Waals surface area contributed by atoms with E-state index >= 15 is 0 Å². The van der Waals surface area contributed by atoms with Crippen LogP contribution in [0.2, 0.25) is 0 Å². The summed E-state index contributed by atoms with van der Waals surface area (Å²) in [5.74, 6) is -8.47. The number of hydrogen-bond donors (Lipinski definition) is 14. The summed E-state index contributed by atoms with van der Waals surface area (Å²) in [6.07, 6.45) is 0.0249. The predicted molar refractivity (Wildman–Crippen MR) is 308 cm³/mol. The third kappa shape index (κ3) is 23.4. The van der Waals surface area contributed by atoms with Gasteiger partial charge >= 0.3 is 0 Å². The van der Waals surface area contributed by atoms with Gasteiger partial charge in [-0.3, -0.25) is 57.9 Å². The topological polar surface area (TPSA) is 459 Å². The van der Waals surface area contributed by atoms with E-state index in [1.807, 2.05) is 13.8 Å². The van der Waals surface area contributed by atoms with Crippen molar-refractivity contribution < 1.29 is 53.1 Å². The lowest BCUT2D eigenvalue weighted by Gasteiger charge is -2.31. The van der Waals surface area contributed by atoms with Crippen LogP contribution in [0.1, 0.15) is 88.8 Å². The standard InChI is InChI=1S/C56H80N16O11/c1-32(2)27-41(69-52(81)44(29-35-15-8-5-9-16-35)71-50(79)42(65-33(3)73)30-36-20-22-37(74)23-21-36)49(78)70-43(28-34-13-6-4-7-14-34)51(80)67-39(18-11-25-64-56(61)62)54(83)72-26-12-19-45(72)53(82)66-38(17-10-24-63-55(59)60)48(77)68-40(47(58)76)31-46(57)75/h4-9,13-16,20-23,32,38-45,74H,10-12,17-19,24-31H2,1-3H3,(H2,57,75)(H2,58,76)(H,65,73)(H,66,82)(H,67,80)(H,68,77)(H,69,81)(H,70,78)(H,71,79)(H4,59,60,63)(H4,61,62,64)/t38-,39-,40-,41-,42-,43-,44-,45+/m0/s1. The first-order valence-electron chi connectivity index (χ1n) is 27.3. The zero-order valence-electron chi connectivity index (χ0n) is 47.0. The molecule has 0 bridgehead atoms. The molecule has 1 aliphatic rings. The van der Waals surface area contributed by atoms with Crippen LogP contribution < -0.4 is 71.6 Å². The Morgan fingerprint density at radius 3 is 1.42 bits per heavy atom. The van der Waals surface area contributed by atoms with Gasteiger partial charge in [-0.1, -0.05) is 86.6 Å². The van der Waals surface area contributed by atoms with Gasteiger partial charge in [-0.05, 0) is 79.7 Å². The third-order valence-electron chi connectivity index (χ3n) is 13.3. The Morgan fingerprint density at radius 1 is 0.542 bits per heavy atom. The lowest BCUT2D eigenvalue weighted by molar-refractivity contribution is -0.142. The van der Waals surface area contributed by atoms with Crippen LogP contribution in [0.4, 0.5) is 0 Å². The van der Waals surface area contributed by atoms with Crippen LogP contribution in [0.5, 0.6) is 5.75 Å². The minimum atomic E-state index is -1.50. The third-order valence-corrected chi connectivity index (χ3v) is 13.3. The monoisotopic (exact) mass is 1150 g/mol. The molecule has 0 spiro atoms. The van der Waals surface area contributed by atoms with Crippen molar-refractivity contribution >= 4 is 71.0 Å². The van der Waals surface area contributed by atoms with Crippen LogP contribution in [0.3, 0.4) is 0 Å². The Morgan fingerprint density at radius 2 is 0.964 bits per heavy atom. The zero-order valence-corrected chi connectivity index (χ0v) is 47.0. The van der Waals surface area contributed by atoms with Crippen LogP contribution in [-0.2, 0) is 67.2 Å². The maximum absolute atomic E-state index is 14.8. The van der Waals surface area contributed by atoms with Gasteiger partial charge < -0.3 is 81.6 Å². The largest absolute Gasteiger partial charge is 0.508 e. The van der Waals surface area contributed by atoms with E-state index in [9.17, 15) is 53.1 Å². The first kappa shape index (κ1) is 66.2. The molecule has 1 aliphatic heterocycles. The number of phenols is 1. The summed E-state index contributed by atoms with van der Waals surface area (Å²) in [6, 6.07) is 13.1. The fourth-order valence-corrected chi connectivity index (χ4v) is 9.23. The number of aliphatic imine (C=N–C) groups is 2. The summed E-state index contributed by atoms with van der Waals surface area (Å²) in [6.45, 7) is 5.05. The maximum Gasteiger partial charge on any atom is 0.245 e. The van der Waals surface area contributed by atoms with Gasteiger partial charge in [-0.2, -0.15) is 0 Å². The summed E-state index contributed by atoms with van der Waals surface area (Å²) in [7, 11) is 0. The first-order chi connectivity index (χ1) is 39.4. The van der Waals surface area contributed by atoms with Crippen LogP contribution in [-0.4, -0.2) is 149 Å². The number of nitrogens with one attached hydrogen (secondary N) is 7. The number of primary amides is 2. The highest BCUT2D eigenvalue weighted by Gasteiger charge is 2.40. The minimum Gasteiger partial charge on any atom is -0.508 e. The average molecular weight is 1150 g/mol. The van der Waals surface area contributed by atoms with E-state index < -0.39 is 114 Å². The molecule has 4 rings (SSSR count). The summed E-state index contributed by atoms with van der Waals surface area (Å²) in [4.78, 5) is 146. The molecular formula is C56H80N16O11.